The molecule has 3 heteroatoms. The molecule has 1 heterocycles. The molecule has 0 saturated heterocycles. The molecule has 12 heavy (non-hydrogen) atoms. The second-order valence-electron chi connectivity index (χ2n) is 3.21. The summed E-state index contributed by atoms with van der Waals surface area (Å²) in [5.74, 6) is 1.56. The van der Waals surface area contributed by atoms with Gasteiger partial charge in [-0.2, -0.15) is 0 Å². The Morgan fingerprint density at radius 1 is 1.67 bits per heavy atom. The van der Waals surface area contributed by atoms with Gasteiger partial charge in [-0.05, 0) is 5.92 Å². The summed E-state index contributed by atoms with van der Waals surface area (Å²) in [6, 6.07) is 0. The second-order valence-corrected chi connectivity index (χ2v) is 3.21. The Hall–Kier alpha value is -0.990. The van der Waals surface area contributed by atoms with Crippen molar-refractivity contribution in [3.63, 3.8) is 0 Å². The van der Waals surface area contributed by atoms with E-state index in [9.17, 15) is 0 Å². The SMILES string of the molecule is CC(C)/C=C/CNC1=NCCN1. The van der Waals surface area contributed by atoms with E-state index >= 15 is 0 Å². The fourth-order valence-electron chi connectivity index (χ4n) is 1.01. The van der Waals surface area contributed by atoms with E-state index in [2.05, 4.69) is 41.6 Å². The third-order valence-electron chi connectivity index (χ3n) is 1.58. The Bertz CT molecular complexity index is 182. The minimum atomic E-state index is 0.630. The molecule has 3 nitrogen and oxygen atoms in total. The highest BCUT2D eigenvalue weighted by Crippen LogP contribution is 1.91. The third-order valence-corrected chi connectivity index (χ3v) is 1.58. The van der Waals surface area contributed by atoms with Crippen LogP contribution in [0.5, 0.6) is 0 Å². The van der Waals surface area contributed by atoms with Gasteiger partial charge < -0.3 is 10.6 Å². The molecule has 0 spiro atoms. The van der Waals surface area contributed by atoms with Gasteiger partial charge in [0, 0.05) is 13.1 Å². The maximum atomic E-state index is 4.21. The van der Waals surface area contributed by atoms with Gasteiger partial charge in [0.15, 0.2) is 5.96 Å². The van der Waals surface area contributed by atoms with Crippen LogP contribution in [-0.4, -0.2) is 25.6 Å². The van der Waals surface area contributed by atoms with E-state index < -0.39 is 0 Å². The van der Waals surface area contributed by atoms with E-state index in [4.69, 9.17) is 0 Å². The maximum Gasteiger partial charge on any atom is 0.191 e. The number of allylic oxidation sites excluding steroid dienone is 1. The van der Waals surface area contributed by atoms with Gasteiger partial charge in [0.05, 0.1) is 6.54 Å². The fraction of sp³-hybridized carbons (Fsp3) is 0.667. The van der Waals surface area contributed by atoms with Crippen molar-refractivity contribution in [2.24, 2.45) is 10.9 Å². The predicted molar refractivity (Wildman–Crippen MR) is 52.3 cm³/mol. The minimum absolute atomic E-state index is 0.630. The zero-order chi connectivity index (χ0) is 8.81. The molecule has 0 aromatic rings. The summed E-state index contributed by atoms with van der Waals surface area (Å²) < 4.78 is 0. The summed E-state index contributed by atoms with van der Waals surface area (Å²) in [6.07, 6.45) is 4.32. The molecule has 0 aromatic carbocycles. The van der Waals surface area contributed by atoms with E-state index in [0.29, 0.717) is 5.92 Å². The number of nitrogens with one attached hydrogen (secondary N) is 2. The Morgan fingerprint density at radius 2 is 2.50 bits per heavy atom. The Kier molecular flexibility index (Phi) is 3.64. The zero-order valence-corrected chi connectivity index (χ0v) is 7.80. The molecule has 0 unspecified atom stereocenters. The van der Waals surface area contributed by atoms with Crippen molar-refractivity contribution in [1.82, 2.24) is 10.6 Å². The van der Waals surface area contributed by atoms with Crippen molar-refractivity contribution in [2.75, 3.05) is 19.6 Å². The van der Waals surface area contributed by atoms with Crippen LogP contribution in [0.15, 0.2) is 17.1 Å². The van der Waals surface area contributed by atoms with Gasteiger partial charge in [0.1, 0.15) is 0 Å². The normalized spacial score (nSPS) is 16.8. The average molecular weight is 167 g/mol. The number of nitrogens with zero attached hydrogens (tertiary/aromatic N) is 1. The van der Waals surface area contributed by atoms with Gasteiger partial charge in [-0.1, -0.05) is 26.0 Å². The number of hydrogen-bond donors (Lipinski definition) is 2. The summed E-state index contributed by atoms with van der Waals surface area (Å²) in [7, 11) is 0. The summed E-state index contributed by atoms with van der Waals surface area (Å²) >= 11 is 0. The first kappa shape index (κ1) is 9.10. The van der Waals surface area contributed by atoms with Crippen LogP contribution >= 0.6 is 0 Å². The Balaban J connectivity index is 2.09. The Morgan fingerprint density at radius 3 is 3.08 bits per heavy atom. The zero-order valence-electron chi connectivity index (χ0n) is 7.80. The summed E-state index contributed by atoms with van der Waals surface area (Å²) in [5.41, 5.74) is 0. The van der Waals surface area contributed by atoms with Crippen molar-refractivity contribution < 1.29 is 0 Å². The highest BCUT2D eigenvalue weighted by molar-refractivity contribution is 5.81. The monoisotopic (exact) mass is 167 g/mol. The number of guanidine groups is 1. The molecule has 0 radical (unpaired) electrons. The molecule has 2 N–H and O–H groups in total. The first-order valence-electron chi connectivity index (χ1n) is 4.48. The minimum Gasteiger partial charge on any atom is -0.355 e. The number of rotatable bonds is 3. The van der Waals surface area contributed by atoms with Crippen LogP contribution in [0, 0.1) is 5.92 Å². The van der Waals surface area contributed by atoms with Gasteiger partial charge in [0.25, 0.3) is 0 Å². The van der Waals surface area contributed by atoms with E-state index in [-0.39, 0.29) is 0 Å². The lowest BCUT2D eigenvalue weighted by Gasteiger charge is -2.02. The molecule has 1 aliphatic heterocycles. The van der Waals surface area contributed by atoms with Crippen LogP contribution in [-0.2, 0) is 0 Å². The molecular formula is C9H17N3. The maximum absolute atomic E-state index is 4.21. The molecule has 0 aromatic heterocycles. The molecule has 1 rings (SSSR count). The van der Waals surface area contributed by atoms with Gasteiger partial charge in [0.2, 0.25) is 0 Å². The van der Waals surface area contributed by atoms with Crippen molar-refractivity contribution in [1.29, 1.82) is 0 Å². The van der Waals surface area contributed by atoms with Gasteiger partial charge in [-0.3, -0.25) is 4.99 Å². The summed E-state index contributed by atoms with van der Waals surface area (Å²) in [5, 5.41) is 6.34. The van der Waals surface area contributed by atoms with Crippen LogP contribution in [0.3, 0.4) is 0 Å². The fourth-order valence-corrected chi connectivity index (χ4v) is 1.01. The molecule has 0 atom stereocenters. The Labute approximate surface area is 74.0 Å². The highest BCUT2D eigenvalue weighted by atomic mass is 15.2. The van der Waals surface area contributed by atoms with Gasteiger partial charge in [-0.15, -0.1) is 0 Å². The topological polar surface area (TPSA) is 36.4 Å². The van der Waals surface area contributed by atoms with Gasteiger partial charge >= 0.3 is 0 Å². The molecule has 1 aliphatic rings. The number of hydrogen-bond acceptors (Lipinski definition) is 3. The molecule has 0 fully saturated rings. The molecule has 0 amide bonds. The van der Waals surface area contributed by atoms with Crippen molar-refractivity contribution in [3.8, 4) is 0 Å². The third kappa shape index (κ3) is 3.42. The van der Waals surface area contributed by atoms with Crippen LogP contribution in [0.25, 0.3) is 0 Å². The molecular weight excluding hydrogens is 150 g/mol. The van der Waals surface area contributed by atoms with Crippen molar-refractivity contribution in [3.05, 3.63) is 12.2 Å². The molecule has 68 valence electrons. The first-order chi connectivity index (χ1) is 5.79. The smallest absolute Gasteiger partial charge is 0.191 e. The van der Waals surface area contributed by atoms with Gasteiger partial charge in [-0.25, -0.2) is 0 Å². The van der Waals surface area contributed by atoms with Crippen LogP contribution in [0.4, 0.5) is 0 Å². The first-order valence-corrected chi connectivity index (χ1v) is 4.48. The van der Waals surface area contributed by atoms with E-state index in [0.717, 1.165) is 25.6 Å². The highest BCUT2D eigenvalue weighted by Gasteiger charge is 2.00. The van der Waals surface area contributed by atoms with Crippen LogP contribution in [0.2, 0.25) is 0 Å². The largest absolute Gasteiger partial charge is 0.355 e. The van der Waals surface area contributed by atoms with Crippen LogP contribution in [0.1, 0.15) is 13.8 Å². The lowest BCUT2D eigenvalue weighted by Crippen LogP contribution is -2.33. The van der Waals surface area contributed by atoms with E-state index in [1.165, 1.54) is 0 Å². The lowest BCUT2D eigenvalue weighted by atomic mass is 10.2. The summed E-state index contributed by atoms with van der Waals surface area (Å²) in [4.78, 5) is 4.21. The number of aliphatic imine (C=N–C) groups is 1. The molecule has 0 saturated carbocycles. The second kappa shape index (κ2) is 4.80. The molecule has 0 aliphatic carbocycles. The lowest BCUT2D eigenvalue weighted by molar-refractivity contribution is 0.823. The van der Waals surface area contributed by atoms with Crippen LogP contribution < -0.4 is 10.6 Å². The molecule has 0 bridgehead atoms. The van der Waals surface area contributed by atoms with E-state index in [1.54, 1.807) is 0 Å². The van der Waals surface area contributed by atoms with E-state index in [1.807, 2.05) is 0 Å². The average Bonchev–Trinajstić information content (AvgIpc) is 2.49. The quantitative estimate of drug-likeness (QED) is 0.608. The predicted octanol–water partition coefficient (Wildman–Crippen LogP) is 0.747. The summed E-state index contributed by atoms with van der Waals surface area (Å²) in [6.45, 7) is 7.07. The van der Waals surface area contributed by atoms with Crippen molar-refractivity contribution in [2.45, 2.75) is 13.8 Å². The van der Waals surface area contributed by atoms with Crippen molar-refractivity contribution >= 4 is 5.96 Å². The standard InChI is InChI=1S/C9H17N3/c1-8(2)4-3-5-10-9-11-6-7-12-9/h3-4,8H,5-7H2,1-2H3,(H2,10,11,12)/b4-3+.